The molecule has 1 atom stereocenters. The maximum Gasteiger partial charge on any atom is 0.271 e. The van der Waals surface area contributed by atoms with Crippen LogP contribution in [0.2, 0.25) is 0 Å². The highest BCUT2D eigenvalue weighted by molar-refractivity contribution is 7.93. The normalized spacial score (nSPS) is 19.1. The van der Waals surface area contributed by atoms with Crippen molar-refractivity contribution < 1.29 is 18.4 Å². The number of carbonyl (C=O) groups is 1. The molecule has 21 heavy (non-hydrogen) atoms. The van der Waals surface area contributed by atoms with E-state index >= 15 is 0 Å². The summed E-state index contributed by atoms with van der Waals surface area (Å²) in [5.41, 5.74) is 2.24. The fourth-order valence-electron chi connectivity index (χ4n) is 2.48. The van der Waals surface area contributed by atoms with Crippen LogP contribution in [0.1, 0.15) is 11.6 Å². The maximum absolute atomic E-state index is 12.7. The molecule has 7 heteroatoms. The number of rotatable bonds is 2. The Hall–Kier alpha value is -2.38. The second-order valence-electron chi connectivity index (χ2n) is 4.55. The van der Waals surface area contributed by atoms with E-state index in [0.29, 0.717) is 11.3 Å². The van der Waals surface area contributed by atoms with Crippen LogP contribution < -0.4 is 9.79 Å². The Morgan fingerprint density at radius 3 is 2.33 bits per heavy atom. The van der Waals surface area contributed by atoms with Crippen LogP contribution in [0.15, 0.2) is 59.5 Å². The van der Waals surface area contributed by atoms with Crippen LogP contribution in [0.5, 0.6) is 0 Å². The summed E-state index contributed by atoms with van der Waals surface area (Å²) in [7, 11) is -3.84. The third-order valence-corrected chi connectivity index (χ3v) is 5.22. The van der Waals surface area contributed by atoms with Gasteiger partial charge in [0.05, 0.1) is 10.6 Å². The standard InChI is InChI=1S/C14H12N2O4S/c17-14(15-18)13-11-8-4-5-9-12(11)21(19,20)16(13)10-6-2-1-3-7-10/h1-9,13,18H,(H,15,17). The molecule has 108 valence electrons. The second kappa shape index (κ2) is 4.87. The summed E-state index contributed by atoms with van der Waals surface area (Å²) in [6.45, 7) is 0. The molecule has 1 aliphatic heterocycles. The van der Waals surface area contributed by atoms with Crippen molar-refractivity contribution in [3.8, 4) is 0 Å². The van der Waals surface area contributed by atoms with Crippen molar-refractivity contribution in [2.24, 2.45) is 0 Å². The zero-order chi connectivity index (χ0) is 15.0. The Morgan fingerprint density at radius 2 is 1.67 bits per heavy atom. The van der Waals surface area contributed by atoms with Crippen LogP contribution in [0, 0.1) is 0 Å². The summed E-state index contributed by atoms with van der Waals surface area (Å²) in [5, 5.41) is 8.93. The summed E-state index contributed by atoms with van der Waals surface area (Å²) in [5.74, 6) is -0.799. The molecule has 2 N–H and O–H groups in total. The van der Waals surface area contributed by atoms with E-state index in [4.69, 9.17) is 5.21 Å². The average molecular weight is 304 g/mol. The first-order valence-corrected chi connectivity index (χ1v) is 7.64. The lowest BCUT2D eigenvalue weighted by atomic mass is 10.1. The van der Waals surface area contributed by atoms with Gasteiger partial charge in [-0.1, -0.05) is 36.4 Å². The molecule has 6 nitrogen and oxygen atoms in total. The van der Waals surface area contributed by atoms with Crippen molar-refractivity contribution in [3.05, 3.63) is 60.2 Å². The van der Waals surface area contributed by atoms with Crippen LogP contribution in [-0.2, 0) is 14.8 Å². The molecule has 0 radical (unpaired) electrons. The molecule has 1 aliphatic rings. The second-order valence-corrected chi connectivity index (χ2v) is 6.34. The Kier molecular flexibility index (Phi) is 3.15. The van der Waals surface area contributed by atoms with Gasteiger partial charge in [0.2, 0.25) is 0 Å². The van der Waals surface area contributed by atoms with Crippen LogP contribution in [0.3, 0.4) is 0 Å². The number of hydrogen-bond donors (Lipinski definition) is 2. The number of hydrogen-bond acceptors (Lipinski definition) is 4. The van der Waals surface area contributed by atoms with Gasteiger partial charge in [0.1, 0.15) is 0 Å². The molecule has 0 fully saturated rings. The van der Waals surface area contributed by atoms with Crippen molar-refractivity contribution in [1.29, 1.82) is 0 Å². The van der Waals surface area contributed by atoms with E-state index in [9.17, 15) is 13.2 Å². The zero-order valence-corrected chi connectivity index (χ0v) is 11.6. The molecule has 1 amide bonds. The minimum Gasteiger partial charge on any atom is -0.289 e. The molecule has 0 saturated carbocycles. The number of hydroxylamine groups is 1. The van der Waals surface area contributed by atoms with Gasteiger partial charge < -0.3 is 0 Å². The van der Waals surface area contributed by atoms with Crippen LogP contribution >= 0.6 is 0 Å². The van der Waals surface area contributed by atoms with Crippen LogP contribution in [-0.4, -0.2) is 19.5 Å². The lowest BCUT2D eigenvalue weighted by molar-refractivity contribution is -0.130. The molecule has 1 heterocycles. The Bertz CT molecular complexity index is 790. The molecule has 2 aromatic rings. The molecular formula is C14H12N2O4S. The van der Waals surface area contributed by atoms with Gasteiger partial charge in [-0.3, -0.25) is 10.0 Å². The minimum absolute atomic E-state index is 0.0717. The lowest BCUT2D eigenvalue weighted by Gasteiger charge is -2.23. The molecule has 3 rings (SSSR count). The molecule has 0 bridgehead atoms. The van der Waals surface area contributed by atoms with Crippen molar-refractivity contribution in [1.82, 2.24) is 5.48 Å². The first-order chi connectivity index (χ1) is 10.1. The van der Waals surface area contributed by atoms with E-state index in [0.717, 1.165) is 4.31 Å². The predicted molar refractivity (Wildman–Crippen MR) is 75.2 cm³/mol. The third-order valence-electron chi connectivity index (χ3n) is 3.35. The lowest BCUT2D eigenvalue weighted by Crippen LogP contribution is -2.38. The van der Waals surface area contributed by atoms with Gasteiger partial charge in [-0.2, -0.15) is 0 Å². The van der Waals surface area contributed by atoms with Gasteiger partial charge >= 0.3 is 0 Å². The van der Waals surface area contributed by atoms with Gasteiger partial charge in [-0.15, -0.1) is 0 Å². The SMILES string of the molecule is O=C(NO)C1c2ccccc2S(=O)(=O)N1c1ccccc1. The highest BCUT2D eigenvalue weighted by Crippen LogP contribution is 2.42. The largest absolute Gasteiger partial charge is 0.289 e. The summed E-state index contributed by atoms with van der Waals surface area (Å²) < 4.78 is 26.4. The van der Waals surface area contributed by atoms with Crippen LogP contribution in [0.25, 0.3) is 0 Å². The summed E-state index contributed by atoms with van der Waals surface area (Å²) in [6, 6.07) is 13.4. The Balaban J connectivity index is 2.26. The number of benzene rings is 2. The Morgan fingerprint density at radius 1 is 1.05 bits per heavy atom. The summed E-state index contributed by atoms with van der Waals surface area (Å²) in [4.78, 5) is 12.1. The molecule has 0 aromatic heterocycles. The zero-order valence-electron chi connectivity index (χ0n) is 10.8. The number of nitrogens with one attached hydrogen (secondary N) is 1. The first kappa shape index (κ1) is 13.6. The highest BCUT2D eigenvalue weighted by atomic mass is 32.2. The predicted octanol–water partition coefficient (Wildman–Crippen LogP) is 1.44. The smallest absolute Gasteiger partial charge is 0.271 e. The maximum atomic E-state index is 12.7. The number of nitrogens with zero attached hydrogens (tertiary/aromatic N) is 1. The fourth-order valence-corrected chi connectivity index (χ4v) is 4.31. The number of para-hydroxylation sites is 1. The van der Waals surface area contributed by atoms with E-state index in [1.54, 1.807) is 54.0 Å². The Labute approximate surface area is 121 Å². The number of amides is 1. The monoisotopic (exact) mass is 304 g/mol. The number of sulfonamides is 1. The van der Waals surface area contributed by atoms with Crippen molar-refractivity contribution in [2.75, 3.05) is 4.31 Å². The molecule has 0 saturated heterocycles. The average Bonchev–Trinajstić information content (AvgIpc) is 2.76. The highest BCUT2D eigenvalue weighted by Gasteiger charge is 2.46. The van der Waals surface area contributed by atoms with Gasteiger partial charge in [-0.25, -0.2) is 18.2 Å². The third kappa shape index (κ3) is 1.98. The quantitative estimate of drug-likeness (QED) is 0.649. The number of fused-ring (bicyclic) bond motifs is 1. The van der Waals surface area contributed by atoms with Gasteiger partial charge in [0, 0.05) is 5.56 Å². The van der Waals surface area contributed by atoms with Crippen molar-refractivity contribution in [3.63, 3.8) is 0 Å². The van der Waals surface area contributed by atoms with Crippen LogP contribution in [0.4, 0.5) is 5.69 Å². The number of carbonyl (C=O) groups excluding carboxylic acids is 1. The first-order valence-electron chi connectivity index (χ1n) is 6.19. The molecule has 0 aliphatic carbocycles. The van der Waals surface area contributed by atoms with E-state index in [2.05, 4.69) is 0 Å². The molecular weight excluding hydrogens is 292 g/mol. The van der Waals surface area contributed by atoms with E-state index in [-0.39, 0.29) is 4.90 Å². The van der Waals surface area contributed by atoms with E-state index < -0.39 is 22.0 Å². The molecule has 0 spiro atoms. The number of anilines is 1. The van der Waals surface area contributed by atoms with E-state index in [1.165, 1.54) is 6.07 Å². The molecule has 2 aromatic carbocycles. The van der Waals surface area contributed by atoms with Crippen molar-refractivity contribution in [2.45, 2.75) is 10.9 Å². The molecule has 1 unspecified atom stereocenters. The summed E-state index contributed by atoms with van der Waals surface area (Å²) >= 11 is 0. The topological polar surface area (TPSA) is 86.7 Å². The van der Waals surface area contributed by atoms with Gasteiger partial charge in [-0.05, 0) is 18.2 Å². The minimum atomic E-state index is -3.84. The summed E-state index contributed by atoms with van der Waals surface area (Å²) in [6.07, 6.45) is 0. The fraction of sp³-hybridized carbons (Fsp3) is 0.0714. The van der Waals surface area contributed by atoms with E-state index in [1.807, 2.05) is 0 Å². The van der Waals surface area contributed by atoms with Gasteiger partial charge in [0.15, 0.2) is 6.04 Å². The van der Waals surface area contributed by atoms with Gasteiger partial charge in [0.25, 0.3) is 15.9 Å². The van der Waals surface area contributed by atoms with Crippen molar-refractivity contribution >= 4 is 21.6 Å².